The maximum Gasteiger partial charge on any atom is 0.317 e. The van der Waals surface area contributed by atoms with Crippen LogP contribution in [-0.4, -0.2) is 78.6 Å². The van der Waals surface area contributed by atoms with Crippen LogP contribution in [0.2, 0.25) is 0 Å². The number of carbonyl (C=O) groups excluding carboxylic acids is 5. The summed E-state index contributed by atoms with van der Waals surface area (Å²) in [5.74, 6) is -0.507. The number of benzene rings is 2. The average Bonchev–Trinajstić information content (AvgIpc) is 1.22. The molecule has 14 rings (SSSR count). The molecule has 18 heteroatoms. The van der Waals surface area contributed by atoms with E-state index in [-0.39, 0.29) is 133 Å². The molecule has 0 radical (unpaired) electrons. The third-order valence-corrected chi connectivity index (χ3v) is 34.3. The van der Waals surface area contributed by atoms with Gasteiger partial charge in [-0.15, -0.1) is 0 Å². The number of carboxylic acids is 1. The Morgan fingerprint density at radius 1 is 0.527 bits per heavy atom. The molecule has 10 aliphatic rings. The van der Waals surface area contributed by atoms with E-state index in [1.807, 2.05) is 49.4 Å². The van der Waals surface area contributed by atoms with Crippen molar-refractivity contribution in [2.75, 3.05) is 7.11 Å². The lowest BCUT2D eigenvalue weighted by Crippen LogP contribution is -2.66. The first-order chi connectivity index (χ1) is 52.1. The number of nitrogens with zero attached hydrogens (tertiary/aromatic N) is 5. The minimum atomic E-state index is -1.35. The van der Waals surface area contributed by atoms with E-state index < -0.39 is 57.1 Å². The first-order valence-corrected chi connectivity index (χ1v) is 42.3. The molecule has 2 aromatic carbocycles. The Kier molecular flexibility index (Phi) is 19.4. The quantitative estimate of drug-likeness (QED) is 0.0811. The van der Waals surface area contributed by atoms with E-state index >= 15 is 9.59 Å². The predicted octanol–water partition coefficient (Wildman–Crippen LogP) is 18.0. The third-order valence-electron chi connectivity index (χ3n) is 34.3. The number of hydrogen-bond acceptors (Lipinski definition) is 13. The second kappa shape index (κ2) is 26.8. The van der Waals surface area contributed by atoms with Crippen LogP contribution in [0.25, 0.3) is 11.4 Å². The highest BCUT2D eigenvalue weighted by molar-refractivity contribution is 6.03. The minimum Gasteiger partial charge on any atom is -0.493 e. The fourth-order valence-electron chi connectivity index (χ4n) is 28.6. The molecule has 0 saturated heterocycles. The molecule has 1 N–H and O–H groups in total. The van der Waals surface area contributed by atoms with E-state index in [0.717, 1.165) is 106 Å². The summed E-state index contributed by atoms with van der Waals surface area (Å²) in [6.45, 7) is 43.2. The van der Waals surface area contributed by atoms with Gasteiger partial charge in [-0.05, 0) is 283 Å². The number of ketones is 2. The summed E-state index contributed by atoms with van der Waals surface area (Å²) in [7, 11) is 5.37. The van der Waals surface area contributed by atoms with Gasteiger partial charge in [-0.1, -0.05) is 96.9 Å². The van der Waals surface area contributed by atoms with Crippen LogP contribution in [0.4, 0.5) is 0 Å². The van der Waals surface area contributed by atoms with Gasteiger partial charge in [-0.2, -0.15) is 5.26 Å². The molecule has 112 heavy (non-hydrogen) atoms. The van der Waals surface area contributed by atoms with Gasteiger partial charge in [0.25, 0.3) is 11.1 Å². The minimum absolute atomic E-state index is 0.0133. The molecule has 2 aromatic heterocycles. The molecule has 16 atom stereocenters. The molecular weight excluding hydrogens is 1410 g/mol. The number of carboxylic acid groups (broad SMARTS) is 1. The zero-order chi connectivity index (χ0) is 81.8. The van der Waals surface area contributed by atoms with Crippen molar-refractivity contribution in [2.45, 2.75) is 290 Å². The maximum atomic E-state index is 15.3. The predicted molar refractivity (Wildman–Crippen MR) is 430 cm³/mol. The van der Waals surface area contributed by atoms with Crippen LogP contribution in [0.3, 0.4) is 0 Å². The molecule has 10 aliphatic carbocycles. The molecule has 8 saturated carbocycles. The van der Waals surface area contributed by atoms with Crippen molar-refractivity contribution in [1.82, 2.24) is 18.7 Å². The summed E-state index contributed by atoms with van der Waals surface area (Å²) < 4.78 is 32.5. The van der Waals surface area contributed by atoms with Crippen molar-refractivity contribution in [3.8, 4) is 28.9 Å². The molecule has 0 aliphatic heterocycles. The average molecular weight is 1540 g/mol. The van der Waals surface area contributed by atoms with E-state index in [4.69, 9.17) is 18.9 Å². The highest BCUT2D eigenvalue weighted by atomic mass is 16.6. The lowest BCUT2D eigenvalue weighted by Gasteiger charge is -2.72. The van der Waals surface area contributed by atoms with Crippen LogP contribution in [0.5, 0.6) is 11.5 Å². The first-order valence-electron chi connectivity index (χ1n) is 42.3. The Labute approximate surface area is 663 Å². The van der Waals surface area contributed by atoms with Gasteiger partial charge < -0.3 is 24.1 Å². The lowest BCUT2D eigenvalue weighted by atomic mass is 9.33. The lowest BCUT2D eigenvalue weighted by molar-refractivity contribution is -0.232. The number of hydrogen-bond donors (Lipinski definition) is 1. The number of carbonyl (C=O) groups is 6. The third kappa shape index (κ3) is 11.3. The van der Waals surface area contributed by atoms with Gasteiger partial charge in [0.1, 0.15) is 12.2 Å². The molecule has 606 valence electrons. The Morgan fingerprint density at radius 2 is 0.938 bits per heavy atom. The summed E-state index contributed by atoms with van der Waals surface area (Å²) in [4.78, 5) is 115. The standard InChI is InChI=1S/C94H127N5O13/c1-52(2)73-61(100)47-93(77-54(5)79(104)98(96(77)21)57-26-24-56(51-95)25-27-57)44-42-89(17)59(75(73)93)29-32-68-88(16)39-37-70(86(13,14)66(88)35-41-91(68,89)19)112-72(103)50-84(9,10)82(108)110-64-46-58(28-31-63(64)109-23)99-80(105)55(6)78(97(99)22)94-45-43-90(18)60(76(94)74(53(3)4)62(101)48-94)30-33-67-87(15)38-36-69(111-71(102)49-83(7,8)81(106)107)85(11,12)65(87)34-40-92(67,90)20/h24-28,31,46,52-53,59-60,65-70H,29-30,32-45,47-50H2,1-23H3,(H,106,107)/t59-,60-,65+,66+,67-,68-,69+,70+,87+,88+,89-,90-,91-,92-,93-,94-/m1/s1. The van der Waals surface area contributed by atoms with Crippen molar-refractivity contribution in [3.63, 3.8) is 0 Å². The van der Waals surface area contributed by atoms with Gasteiger partial charge in [0.2, 0.25) is 0 Å². The van der Waals surface area contributed by atoms with Crippen LogP contribution >= 0.6 is 0 Å². The van der Waals surface area contributed by atoms with E-state index in [1.54, 1.807) is 67.4 Å². The van der Waals surface area contributed by atoms with Gasteiger partial charge in [-0.3, -0.25) is 47.7 Å². The molecule has 18 nitrogen and oxygen atoms in total. The fraction of sp³-hybridized carbons (Fsp3) is 0.691. The van der Waals surface area contributed by atoms with Gasteiger partial charge in [-0.25, -0.2) is 9.36 Å². The van der Waals surface area contributed by atoms with Crippen molar-refractivity contribution >= 4 is 35.4 Å². The van der Waals surface area contributed by atoms with Crippen molar-refractivity contribution in [1.29, 1.82) is 5.26 Å². The van der Waals surface area contributed by atoms with Gasteiger partial charge in [0.15, 0.2) is 23.1 Å². The monoisotopic (exact) mass is 1530 g/mol. The van der Waals surface area contributed by atoms with Crippen molar-refractivity contribution in [2.24, 2.45) is 116 Å². The van der Waals surface area contributed by atoms with E-state index in [2.05, 4.69) is 103 Å². The number of nitriles is 1. The highest BCUT2D eigenvalue weighted by Gasteiger charge is 2.74. The number of esters is 3. The first kappa shape index (κ1) is 81.0. The number of fused-ring (bicyclic) bond motifs is 14. The number of Topliss-reactive ketones (excluding diaryl/α,β-unsaturated/α-hetero) is 2. The number of allylic oxidation sites excluding steroid dienone is 4. The molecule has 4 aromatic rings. The van der Waals surface area contributed by atoms with Crippen molar-refractivity contribution < 1.29 is 52.8 Å². The zero-order valence-corrected chi connectivity index (χ0v) is 71.5. The Hall–Kier alpha value is -7.55. The van der Waals surface area contributed by atoms with Crippen LogP contribution < -0.4 is 20.6 Å². The van der Waals surface area contributed by atoms with Gasteiger partial charge in [0, 0.05) is 65.8 Å². The Morgan fingerprint density at radius 3 is 1.34 bits per heavy atom. The highest BCUT2D eigenvalue weighted by Crippen LogP contribution is 2.79. The topological polar surface area (TPSA) is 237 Å². The summed E-state index contributed by atoms with van der Waals surface area (Å²) in [5.41, 5.74) is 3.26. The SMILES string of the molecule is COc1ccc(-n2c(=O)c(C)c([C@@]34CC[C@]5(C)[C@H](CC[C@@H]6[C@@]7(C)CC[C@H](OC(=O)CC(C)(C)C(=O)O)C(C)(C)[C@@H]7CC[C@]65C)C3=C(C(C)C)C(=O)C4)n2C)cc1OC(=O)C(C)(C)CC(=O)O[C@H]1CC[C@]2(C)[C@H]3CC[C@@H]4C5=C(C(C)C)C(=O)C[C@]5(c5c(C)c(=O)n(-c6ccc(C#N)cc6)n5C)CC[C@@]4(C)[C@]3(C)CC[C@H]2C1(C)C. The van der Waals surface area contributed by atoms with Crippen LogP contribution in [0, 0.1) is 127 Å². The van der Waals surface area contributed by atoms with E-state index in [0.29, 0.717) is 65.6 Å². The molecule has 0 spiro atoms. The summed E-state index contributed by atoms with van der Waals surface area (Å²) in [5, 5.41) is 19.4. The second-order valence-electron chi connectivity index (χ2n) is 41.8. The Bertz CT molecular complexity index is 4860. The molecule has 0 amide bonds. The van der Waals surface area contributed by atoms with Gasteiger partial charge in [0.05, 0.1) is 65.2 Å². The number of aromatic nitrogens is 4. The van der Waals surface area contributed by atoms with E-state index in [9.17, 15) is 39.1 Å². The smallest absolute Gasteiger partial charge is 0.317 e. The summed E-state index contributed by atoms with van der Waals surface area (Å²) in [6, 6.07) is 14.5. The molecule has 2 heterocycles. The van der Waals surface area contributed by atoms with Crippen LogP contribution in [0.15, 0.2) is 74.3 Å². The Balaban J connectivity index is 0.674. The second-order valence-corrected chi connectivity index (χ2v) is 41.8. The summed E-state index contributed by atoms with van der Waals surface area (Å²) in [6.07, 6.45) is 13.5. The molecule has 0 bridgehead atoms. The normalized spacial score (nSPS) is 35.1. The van der Waals surface area contributed by atoms with Crippen LogP contribution in [-0.2, 0) is 63.2 Å². The fourth-order valence-corrected chi connectivity index (χ4v) is 28.6. The largest absolute Gasteiger partial charge is 0.493 e. The molecule has 8 fully saturated rings. The number of rotatable bonds is 16. The number of aliphatic carboxylic acids is 1. The number of ether oxygens (including phenoxy) is 4. The van der Waals surface area contributed by atoms with Crippen LogP contribution in [0.1, 0.15) is 281 Å². The van der Waals surface area contributed by atoms with Gasteiger partial charge >= 0.3 is 23.9 Å². The maximum absolute atomic E-state index is 15.3. The van der Waals surface area contributed by atoms with E-state index in [1.165, 1.54) is 18.3 Å². The molecular formula is C94H127N5O13. The number of methoxy groups -OCH3 is 1. The summed E-state index contributed by atoms with van der Waals surface area (Å²) >= 11 is 0. The zero-order valence-electron chi connectivity index (χ0n) is 71.5. The molecule has 0 unspecified atom stereocenters. The van der Waals surface area contributed by atoms with Crippen molar-refractivity contribution in [3.05, 3.63) is 114 Å².